The Morgan fingerprint density at radius 3 is 2.43 bits per heavy atom. The van der Waals surface area contributed by atoms with E-state index in [1.54, 1.807) is 0 Å². The number of likely N-dealkylation sites (tertiary alicyclic amines) is 2. The van der Waals surface area contributed by atoms with Crippen LogP contribution in [-0.4, -0.2) is 59.1 Å². The van der Waals surface area contributed by atoms with Gasteiger partial charge >= 0.3 is 0 Å². The molecule has 0 saturated carbocycles. The first kappa shape index (κ1) is 30.8. The van der Waals surface area contributed by atoms with E-state index in [4.69, 9.17) is 16.3 Å². The summed E-state index contributed by atoms with van der Waals surface area (Å²) in [6, 6.07) is 31.3. The van der Waals surface area contributed by atoms with E-state index in [0.717, 1.165) is 68.4 Å². The summed E-state index contributed by atoms with van der Waals surface area (Å²) in [5, 5.41) is 6.60. The van der Waals surface area contributed by atoms with E-state index < -0.39 is 0 Å². The van der Waals surface area contributed by atoms with Crippen LogP contribution in [0.4, 0.5) is 0 Å². The number of halogens is 1. The van der Waals surface area contributed by atoms with Gasteiger partial charge in [-0.25, -0.2) is 0 Å². The fourth-order valence-corrected chi connectivity index (χ4v) is 7.67. The molecule has 2 aliphatic rings. The van der Waals surface area contributed by atoms with Gasteiger partial charge in [0.1, 0.15) is 11.9 Å². The number of ether oxygens (including phenoxy) is 1. The normalized spacial score (nSPS) is 17.1. The predicted octanol–water partition coefficient (Wildman–Crippen LogP) is 8.08. The van der Waals surface area contributed by atoms with Crippen LogP contribution in [0.25, 0.3) is 21.8 Å². The molecule has 5 aromatic rings. The van der Waals surface area contributed by atoms with Crippen molar-refractivity contribution >= 4 is 39.3 Å². The lowest BCUT2D eigenvalue weighted by Gasteiger charge is -2.32. The summed E-state index contributed by atoms with van der Waals surface area (Å²) in [4.78, 5) is 18.2. The largest absolute Gasteiger partial charge is 0.490 e. The number of hydrogen-bond donors (Lipinski definition) is 1. The fraction of sp³-hybridized carbons (Fsp3) is 0.359. The molecule has 1 aromatic heterocycles. The number of piperidine rings is 1. The topological polar surface area (TPSA) is 49.7 Å². The van der Waals surface area contributed by atoms with E-state index in [0.29, 0.717) is 12.1 Å². The minimum Gasteiger partial charge on any atom is -0.490 e. The Labute approximate surface area is 276 Å². The SMILES string of the molecule is CCn1c2ccccc2c2cc(CN3CCC(Oc4cccc(C(=O)NCC(c5ccccc5Cl)N5CCCC5)c4)CC3)ccc21. The fourth-order valence-electron chi connectivity index (χ4n) is 7.41. The second kappa shape index (κ2) is 13.9. The van der Waals surface area contributed by atoms with Gasteiger partial charge in [0.25, 0.3) is 5.91 Å². The molecule has 1 unspecified atom stereocenters. The Hall–Kier alpha value is -3.84. The van der Waals surface area contributed by atoms with E-state index in [9.17, 15) is 4.79 Å². The summed E-state index contributed by atoms with van der Waals surface area (Å²) >= 11 is 6.58. The third-order valence-electron chi connectivity index (χ3n) is 9.79. The van der Waals surface area contributed by atoms with Crippen molar-refractivity contribution < 1.29 is 9.53 Å². The molecular formula is C39H43ClN4O2. The molecule has 7 rings (SSSR count). The van der Waals surface area contributed by atoms with Gasteiger partial charge in [-0.15, -0.1) is 0 Å². The Balaban J connectivity index is 0.945. The first-order valence-electron chi connectivity index (χ1n) is 16.8. The van der Waals surface area contributed by atoms with Crippen molar-refractivity contribution in [3.8, 4) is 5.75 Å². The molecule has 0 radical (unpaired) electrons. The van der Waals surface area contributed by atoms with E-state index >= 15 is 0 Å². The van der Waals surface area contributed by atoms with Crippen molar-refractivity contribution in [1.82, 2.24) is 19.7 Å². The van der Waals surface area contributed by atoms with Crippen LogP contribution in [-0.2, 0) is 13.1 Å². The Morgan fingerprint density at radius 1 is 0.870 bits per heavy atom. The number of fused-ring (bicyclic) bond motifs is 3. The monoisotopic (exact) mass is 634 g/mol. The second-order valence-corrected chi connectivity index (χ2v) is 13.1. The average molecular weight is 635 g/mol. The summed E-state index contributed by atoms with van der Waals surface area (Å²) in [7, 11) is 0. The lowest BCUT2D eigenvalue weighted by Crippen LogP contribution is -2.38. The molecule has 1 amide bonds. The Morgan fingerprint density at radius 2 is 1.63 bits per heavy atom. The number of para-hydroxylation sites is 1. The van der Waals surface area contributed by atoms with Crippen molar-refractivity contribution in [2.75, 3.05) is 32.7 Å². The van der Waals surface area contributed by atoms with Crippen molar-refractivity contribution in [3.05, 3.63) is 113 Å². The number of nitrogens with one attached hydrogen (secondary N) is 1. The van der Waals surface area contributed by atoms with Gasteiger partial charge in [0.15, 0.2) is 0 Å². The molecule has 238 valence electrons. The molecule has 3 heterocycles. The van der Waals surface area contributed by atoms with Gasteiger partial charge in [-0.1, -0.05) is 60.1 Å². The zero-order valence-electron chi connectivity index (χ0n) is 26.6. The van der Waals surface area contributed by atoms with Crippen LogP contribution in [0, 0.1) is 0 Å². The van der Waals surface area contributed by atoms with Crippen molar-refractivity contribution in [2.45, 2.75) is 57.8 Å². The van der Waals surface area contributed by atoms with Gasteiger partial charge in [0, 0.05) is 65.1 Å². The number of carbonyl (C=O) groups is 1. The highest BCUT2D eigenvalue weighted by Gasteiger charge is 2.26. The first-order valence-corrected chi connectivity index (χ1v) is 17.2. The lowest BCUT2D eigenvalue weighted by atomic mass is 10.0. The quantitative estimate of drug-likeness (QED) is 0.169. The van der Waals surface area contributed by atoms with Crippen molar-refractivity contribution in [3.63, 3.8) is 0 Å². The molecule has 0 bridgehead atoms. The molecule has 2 fully saturated rings. The third kappa shape index (κ3) is 6.52. The zero-order chi connectivity index (χ0) is 31.5. The highest BCUT2D eigenvalue weighted by molar-refractivity contribution is 6.31. The summed E-state index contributed by atoms with van der Waals surface area (Å²) in [5.74, 6) is 0.668. The number of aromatic nitrogens is 1. The van der Waals surface area contributed by atoms with Crippen LogP contribution in [0.15, 0.2) is 91.0 Å². The molecule has 2 saturated heterocycles. The number of amides is 1. The number of hydrogen-bond acceptors (Lipinski definition) is 4. The Bertz CT molecular complexity index is 1820. The van der Waals surface area contributed by atoms with Gasteiger partial charge in [-0.05, 0) is 99.3 Å². The molecular weight excluding hydrogens is 592 g/mol. The molecule has 6 nitrogen and oxygen atoms in total. The maximum atomic E-state index is 13.3. The van der Waals surface area contributed by atoms with Crippen LogP contribution in [0.5, 0.6) is 5.75 Å². The summed E-state index contributed by atoms with van der Waals surface area (Å²) < 4.78 is 8.83. The van der Waals surface area contributed by atoms with Gasteiger partial charge in [-0.2, -0.15) is 0 Å². The maximum absolute atomic E-state index is 13.3. The number of carbonyl (C=O) groups excluding carboxylic acids is 1. The standard InChI is InChI=1S/C39H43ClN4O2/c1-2-44-36-15-6-4-12-32(36)34-24-28(16-17-37(34)44)27-42-22-18-30(19-23-42)46-31-11-9-10-29(25-31)39(45)41-26-38(43-20-7-8-21-43)33-13-3-5-14-35(33)40/h3-6,9-17,24-25,30,38H,2,7-8,18-23,26-27H2,1H3,(H,41,45). The summed E-state index contributed by atoms with van der Waals surface area (Å²) in [6.45, 7) is 8.65. The first-order chi connectivity index (χ1) is 22.6. The minimum absolute atomic E-state index is 0.0587. The Kier molecular flexibility index (Phi) is 9.29. The second-order valence-electron chi connectivity index (χ2n) is 12.7. The number of aryl methyl sites for hydroxylation is 1. The van der Waals surface area contributed by atoms with Crippen LogP contribution >= 0.6 is 11.6 Å². The lowest BCUT2D eigenvalue weighted by molar-refractivity contribution is 0.0925. The summed E-state index contributed by atoms with van der Waals surface area (Å²) in [5.41, 5.74) is 5.65. The molecule has 46 heavy (non-hydrogen) atoms. The highest BCUT2D eigenvalue weighted by atomic mass is 35.5. The molecule has 1 atom stereocenters. The molecule has 4 aromatic carbocycles. The molecule has 0 aliphatic carbocycles. The van der Waals surface area contributed by atoms with E-state index in [2.05, 4.69) is 75.1 Å². The van der Waals surface area contributed by atoms with Crippen LogP contribution in [0.3, 0.4) is 0 Å². The van der Waals surface area contributed by atoms with Gasteiger partial charge in [0.05, 0.1) is 6.04 Å². The summed E-state index contributed by atoms with van der Waals surface area (Å²) in [6.07, 6.45) is 4.41. The maximum Gasteiger partial charge on any atom is 0.251 e. The smallest absolute Gasteiger partial charge is 0.251 e. The van der Waals surface area contributed by atoms with Crippen LogP contribution in [0.2, 0.25) is 5.02 Å². The third-order valence-corrected chi connectivity index (χ3v) is 10.1. The van der Waals surface area contributed by atoms with Crippen LogP contribution < -0.4 is 10.1 Å². The minimum atomic E-state index is -0.0875. The van der Waals surface area contributed by atoms with Crippen molar-refractivity contribution in [1.29, 1.82) is 0 Å². The van der Waals surface area contributed by atoms with E-state index in [1.807, 2.05) is 42.5 Å². The molecule has 2 aliphatic heterocycles. The zero-order valence-corrected chi connectivity index (χ0v) is 27.4. The molecule has 1 N–H and O–H groups in total. The number of benzene rings is 4. The number of nitrogens with zero attached hydrogens (tertiary/aromatic N) is 3. The average Bonchev–Trinajstić information content (AvgIpc) is 3.73. The molecule has 7 heteroatoms. The van der Waals surface area contributed by atoms with Crippen LogP contribution in [0.1, 0.15) is 60.1 Å². The van der Waals surface area contributed by atoms with Gasteiger partial charge in [-0.3, -0.25) is 14.6 Å². The number of rotatable bonds is 10. The highest BCUT2D eigenvalue weighted by Crippen LogP contribution is 2.32. The predicted molar refractivity (Wildman–Crippen MR) is 188 cm³/mol. The molecule has 0 spiro atoms. The van der Waals surface area contributed by atoms with Gasteiger partial charge < -0.3 is 14.6 Å². The van der Waals surface area contributed by atoms with Gasteiger partial charge in [0.2, 0.25) is 0 Å². The van der Waals surface area contributed by atoms with Crippen molar-refractivity contribution in [2.24, 2.45) is 0 Å². The van der Waals surface area contributed by atoms with E-state index in [1.165, 1.54) is 40.2 Å². The van der Waals surface area contributed by atoms with E-state index in [-0.39, 0.29) is 18.1 Å².